The van der Waals surface area contributed by atoms with Gasteiger partial charge in [0.05, 0.1) is 13.0 Å². The number of methoxy groups -OCH3 is 1. The minimum Gasteiger partial charge on any atom is -0.497 e. The number of aromatic nitrogens is 4. The summed E-state index contributed by atoms with van der Waals surface area (Å²) in [7, 11) is 1.62. The summed E-state index contributed by atoms with van der Waals surface area (Å²) in [5.41, 5.74) is 1.01. The Kier molecular flexibility index (Phi) is 4.27. The number of fused-ring (bicyclic) bond motifs is 1. The second-order valence-electron chi connectivity index (χ2n) is 6.57. The van der Waals surface area contributed by atoms with Crippen LogP contribution in [0.15, 0.2) is 24.3 Å². The van der Waals surface area contributed by atoms with Crippen LogP contribution in [0.25, 0.3) is 0 Å². The first-order valence-electron chi connectivity index (χ1n) is 8.64. The predicted molar refractivity (Wildman–Crippen MR) is 91.3 cm³/mol. The van der Waals surface area contributed by atoms with Gasteiger partial charge < -0.3 is 9.64 Å². The summed E-state index contributed by atoms with van der Waals surface area (Å²) in [5.74, 6) is 0.811. The van der Waals surface area contributed by atoms with Crippen molar-refractivity contribution in [1.82, 2.24) is 25.1 Å². The van der Waals surface area contributed by atoms with Crippen LogP contribution < -0.4 is 9.64 Å². The molecule has 136 valence electrons. The van der Waals surface area contributed by atoms with Gasteiger partial charge in [0, 0.05) is 32.6 Å². The molecule has 1 aromatic carbocycles. The van der Waals surface area contributed by atoms with Crippen molar-refractivity contribution in [3.05, 3.63) is 29.8 Å². The Balaban J connectivity index is 1.43. The van der Waals surface area contributed by atoms with E-state index in [1.807, 2.05) is 24.3 Å². The van der Waals surface area contributed by atoms with Crippen molar-refractivity contribution < 1.29 is 14.3 Å². The number of amides is 2. The average molecular weight is 356 g/mol. The summed E-state index contributed by atoms with van der Waals surface area (Å²) in [4.78, 5) is 28.6. The molecule has 0 bridgehead atoms. The second-order valence-corrected chi connectivity index (χ2v) is 6.57. The van der Waals surface area contributed by atoms with Crippen molar-refractivity contribution in [3.8, 4) is 5.75 Å². The molecule has 1 fully saturated rings. The van der Waals surface area contributed by atoms with Crippen LogP contribution in [0, 0.1) is 5.92 Å². The number of hydrogen-bond acceptors (Lipinski definition) is 6. The molecule has 0 saturated carbocycles. The van der Waals surface area contributed by atoms with Crippen molar-refractivity contribution in [3.63, 3.8) is 0 Å². The van der Waals surface area contributed by atoms with E-state index in [1.165, 1.54) is 0 Å². The summed E-state index contributed by atoms with van der Waals surface area (Å²) >= 11 is 0. The van der Waals surface area contributed by atoms with Gasteiger partial charge in [0.15, 0.2) is 0 Å². The molecule has 0 radical (unpaired) electrons. The third kappa shape index (κ3) is 3.00. The summed E-state index contributed by atoms with van der Waals surface area (Å²) in [6.45, 7) is 2.20. The lowest BCUT2D eigenvalue weighted by molar-refractivity contribution is -0.129. The molecule has 1 unspecified atom stereocenters. The fourth-order valence-corrected chi connectivity index (χ4v) is 3.49. The Labute approximate surface area is 150 Å². The number of ether oxygens (including phenoxy) is 1. The van der Waals surface area contributed by atoms with E-state index in [9.17, 15) is 9.59 Å². The van der Waals surface area contributed by atoms with Crippen LogP contribution in [-0.4, -0.2) is 57.1 Å². The quantitative estimate of drug-likeness (QED) is 0.790. The van der Waals surface area contributed by atoms with E-state index < -0.39 is 0 Å². The second kappa shape index (κ2) is 6.74. The highest BCUT2D eigenvalue weighted by Gasteiger charge is 2.38. The fourth-order valence-electron chi connectivity index (χ4n) is 3.49. The van der Waals surface area contributed by atoms with Gasteiger partial charge in [-0.1, -0.05) is 17.2 Å². The minimum atomic E-state index is -0.357. The lowest BCUT2D eigenvalue weighted by Crippen LogP contribution is -2.42. The van der Waals surface area contributed by atoms with E-state index in [0.29, 0.717) is 32.1 Å². The van der Waals surface area contributed by atoms with E-state index in [0.717, 1.165) is 17.7 Å². The molecule has 1 aromatic heterocycles. The summed E-state index contributed by atoms with van der Waals surface area (Å²) < 4.78 is 6.78. The number of aryl methyl sites for hydroxylation is 1. The molecule has 2 aromatic rings. The van der Waals surface area contributed by atoms with Gasteiger partial charge in [-0.3, -0.25) is 14.5 Å². The molecule has 2 aliphatic heterocycles. The van der Waals surface area contributed by atoms with Gasteiger partial charge in [0.2, 0.25) is 11.8 Å². The van der Waals surface area contributed by atoms with Gasteiger partial charge in [-0.15, -0.1) is 0 Å². The standard InChI is InChI=1S/C17H20N6O3/c1-26-14-5-3-12(4-6-14)10-21-11-13(9-15(21)24)16(25)22-7-2-8-23-17(22)18-19-20-23/h3-6,13H,2,7-11H2,1H3. The molecule has 3 heterocycles. The number of hydrogen-bond donors (Lipinski definition) is 0. The third-order valence-corrected chi connectivity index (χ3v) is 4.87. The normalized spacial score (nSPS) is 19.6. The van der Waals surface area contributed by atoms with E-state index in [4.69, 9.17) is 4.74 Å². The van der Waals surface area contributed by atoms with Gasteiger partial charge in [-0.05, 0) is 34.5 Å². The zero-order valence-electron chi connectivity index (χ0n) is 14.5. The molecule has 0 spiro atoms. The topological polar surface area (TPSA) is 93.4 Å². The number of benzene rings is 1. The number of tetrazole rings is 1. The van der Waals surface area contributed by atoms with Crippen molar-refractivity contribution in [2.75, 3.05) is 25.1 Å². The van der Waals surface area contributed by atoms with Crippen molar-refractivity contribution in [2.45, 2.75) is 25.9 Å². The molecule has 26 heavy (non-hydrogen) atoms. The Morgan fingerprint density at radius 1 is 1.27 bits per heavy atom. The molecular weight excluding hydrogens is 336 g/mol. The molecule has 0 N–H and O–H groups in total. The van der Waals surface area contributed by atoms with Gasteiger partial charge in [-0.2, -0.15) is 0 Å². The summed E-state index contributed by atoms with van der Waals surface area (Å²) in [5, 5.41) is 11.5. The van der Waals surface area contributed by atoms with Crippen LogP contribution in [0.3, 0.4) is 0 Å². The van der Waals surface area contributed by atoms with Crippen LogP contribution in [0.4, 0.5) is 5.95 Å². The number of carbonyl (C=O) groups is 2. The van der Waals surface area contributed by atoms with Gasteiger partial charge in [-0.25, -0.2) is 4.68 Å². The predicted octanol–water partition coefficient (Wildman–Crippen LogP) is 0.467. The van der Waals surface area contributed by atoms with E-state index in [1.54, 1.807) is 21.6 Å². The highest BCUT2D eigenvalue weighted by atomic mass is 16.5. The van der Waals surface area contributed by atoms with E-state index in [-0.39, 0.29) is 24.2 Å². The molecule has 9 heteroatoms. The maximum atomic E-state index is 12.9. The van der Waals surface area contributed by atoms with Crippen LogP contribution in [0.2, 0.25) is 0 Å². The zero-order chi connectivity index (χ0) is 18.1. The number of likely N-dealkylation sites (tertiary alicyclic amines) is 1. The van der Waals surface area contributed by atoms with Crippen molar-refractivity contribution in [2.24, 2.45) is 5.92 Å². The van der Waals surface area contributed by atoms with Crippen molar-refractivity contribution in [1.29, 1.82) is 0 Å². The zero-order valence-corrected chi connectivity index (χ0v) is 14.5. The van der Waals surface area contributed by atoms with Crippen LogP contribution in [0.1, 0.15) is 18.4 Å². The van der Waals surface area contributed by atoms with Crippen molar-refractivity contribution >= 4 is 17.8 Å². The Hall–Kier alpha value is -2.97. The van der Waals surface area contributed by atoms with Crippen LogP contribution in [0.5, 0.6) is 5.75 Å². The molecule has 0 aliphatic carbocycles. The number of carbonyl (C=O) groups excluding carboxylic acids is 2. The summed E-state index contributed by atoms with van der Waals surface area (Å²) in [6.07, 6.45) is 1.03. The smallest absolute Gasteiger partial charge is 0.252 e. The molecular formula is C17H20N6O3. The highest BCUT2D eigenvalue weighted by Crippen LogP contribution is 2.26. The van der Waals surface area contributed by atoms with Gasteiger partial charge in [0.1, 0.15) is 5.75 Å². The molecule has 2 amide bonds. The third-order valence-electron chi connectivity index (χ3n) is 4.87. The van der Waals surface area contributed by atoms with Crippen LogP contribution in [-0.2, 0) is 22.7 Å². The molecule has 4 rings (SSSR count). The largest absolute Gasteiger partial charge is 0.497 e. The van der Waals surface area contributed by atoms with Gasteiger partial charge in [0.25, 0.3) is 5.95 Å². The van der Waals surface area contributed by atoms with E-state index in [2.05, 4.69) is 15.5 Å². The molecule has 9 nitrogen and oxygen atoms in total. The number of nitrogens with zero attached hydrogens (tertiary/aromatic N) is 6. The summed E-state index contributed by atoms with van der Waals surface area (Å²) in [6, 6.07) is 7.60. The monoisotopic (exact) mass is 356 g/mol. The maximum Gasteiger partial charge on any atom is 0.252 e. The molecule has 1 atom stereocenters. The molecule has 1 saturated heterocycles. The van der Waals surface area contributed by atoms with Gasteiger partial charge >= 0.3 is 0 Å². The van der Waals surface area contributed by atoms with Crippen LogP contribution >= 0.6 is 0 Å². The average Bonchev–Trinajstić information content (AvgIpc) is 3.28. The minimum absolute atomic E-state index is 0.00392. The molecule has 2 aliphatic rings. The SMILES string of the molecule is COc1ccc(CN2CC(C(=O)N3CCCn4nnnc43)CC2=O)cc1. The fraction of sp³-hybridized carbons (Fsp3) is 0.471. The number of rotatable bonds is 4. The van der Waals surface area contributed by atoms with E-state index >= 15 is 0 Å². The highest BCUT2D eigenvalue weighted by molar-refractivity contribution is 5.98. The Bertz CT molecular complexity index is 818. The maximum absolute atomic E-state index is 12.9. The first-order chi connectivity index (χ1) is 12.7. The number of anilines is 1. The Morgan fingerprint density at radius 3 is 2.85 bits per heavy atom. The first kappa shape index (κ1) is 16.5. The Morgan fingerprint density at radius 2 is 2.08 bits per heavy atom. The lowest BCUT2D eigenvalue weighted by Gasteiger charge is -2.27. The first-order valence-corrected chi connectivity index (χ1v) is 8.64. The lowest BCUT2D eigenvalue weighted by atomic mass is 10.1.